The molecule has 11 heteroatoms. The molecule has 0 saturated heterocycles. The highest BCUT2D eigenvalue weighted by Gasteiger charge is 2.38. The first-order valence-corrected chi connectivity index (χ1v) is 13.3. The molecule has 0 radical (unpaired) electrons. The lowest BCUT2D eigenvalue weighted by Gasteiger charge is -2.31. The summed E-state index contributed by atoms with van der Waals surface area (Å²) in [4.78, 5) is 51.0. The van der Waals surface area contributed by atoms with Gasteiger partial charge in [-0.1, -0.05) is 38.2 Å². The Bertz CT molecular complexity index is 1180. The number of aliphatic hydroxyl groups excluding tert-OH is 2. The number of Topliss-reactive ketones (excluding diaryl/α,β-unsaturated/α-hetero) is 1. The van der Waals surface area contributed by atoms with Crippen molar-refractivity contribution in [3.63, 3.8) is 0 Å². The Morgan fingerprint density at radius 2 is 1.71 bits per heavy atom. The fourth-order valence-corrected chi connectivity index (χ4v) is 4.82. The van der Waals surface area contributed by atoms with E-state index in [1.54, 1.807) is 39.0 Å². The first kappa shape index (κ1) is 33.8. The van der Waals surface area contributed by atoms with E-state index in [-0.39, 0.29) is 29.0 Å². The third-order valence-electron chi connectivity index (χ3n) is 7.19. The Morgan fingerprint density at radius 3 is 2.27 bits per heavy atom. The predicted octanol–water partition coefficient (Wildman–Crippen LogP) is 1.85. The lowest BCUT2D eigenvalue weighted by molar-refractivity contribution is -0.149. The van der Waals surface area contributed by atoms with Gasteiger partial charge in [0, 0.05) is 38.7 Å². The second-order valence-electron chi connectivity index (χ2n) is 10.3. The summed E-state index contributed by atoms with van der Waals surface area (Å²) in [5.41, 5.74) is 0.214. The highest BCUT2D eigenvalue weighted by Crippen LogP contribution is 2.30. The molecule has 0 saturated carbocycles. The van der Waals surface area contributed by atoms with Gasteiger partial charge >= 0.3 is 5.97 Å². The maximum absolute atomic E-state index is 13.4. The first-order valence-electron chi connectivity index (χ1n) is 13.3. The van der Waals surface area contributed by atoms with Crippen LogP contribution in [0.15, 0.2) is 58.6 Å². The SMILES string of the molecule is COC1=C2C(=O)C(=CC1=O)NC(=O)/C(C)=C/C=C\[C@H](OC)[C@@H](OC(C)=O)/C(C)=C/[C@H](C)[C@@H](O)[C@@H](OC)C[C@H](C)C2O. The first-order chi connectivity index (χ1) is 19.3. The summed E-state index contributed by atoms with van der Waals surface area (Å²) in [6.07, 6.45) is 2.54. The van der Waals surface area contributed by atoms with Crippen molar-refractivity contribution >= 4 is 23.4 Å². The van der Waals surface area contributed by atoms with E-state index in [2.05, 4.69) is 5.32 Å². The number of nitrogens with one attached hydrogen (secondary N) is 1. The van der Waals surface area contributed by atoms with Crippen molar-refractivity contribution in [2.45, 2.75) is 71.6 Å². The zero-order valence-corrected chi connectivity index (χ0v) is 24.8. The number of fused-ring (bicyclic) bond motifs is 2. The van der Waals surface area contributed by atoms with Gasteiger partial charge in [0.2, 0.25) is 11.6 Å². The smallest absolute Gasteiger partial charge is 0.303 e. The molecule has 11 nitrogen and oxygen atoms in total. The monoisotopic (exact) mass is 575 g/mol. The van der Waals surface area contributed by atoms with Crippen LogP contribution in [0.4, 0.5) is 0 Å². The molecule has 3 N–H and O–H groups in total. The molecule has 1 aliphatic heterocycles. The summed E-state index contributed by atoms with van der Waals surface area (Å²) in [6.45, 7) is 7.94. The molecule has 1 unspecified atom stereocenters. The Labute approximate surface area is 240 Å². The number of esters is 1. The summed E-state index contributed by atoms with van der Waals surface area (Å²) in [5.74, 6) is -4.13. The number of hydrogen-bond donors (Lipinski definition) is 3. The van der Waals surface area contributed by atoms with Crippen LogP contribution in [0.2, 0.25) is 0 Å². The predicted molar refractivity (Wildman–Crippen MR) is 149 cm³/mol. The summed E-state index contributed by atoms with van der Waals surface area (Å²) in [6, 6.07) is 0. The Morgan fingerprint density at radius 1 is 1.05 bits per heavy atom. The molecule has 0 aromatic rings. The number of carbonyl (C=O) groups is 4. The third kappa shape index (κ3) is 8.32. The molecule has 2 rings (SSSR count). The van der Waals surface area contributed by atoms with E-state index in [1.807, 2.05) is 0 Å². The van der Waals surface area contributed by atoms with Gasteiger partial charge in [-0.3, -0.25) is 19.2 Å². The molecule has 1 amide bonds. The average Bonchev–Trinajstić information content (AvgIpc) is 2.92. The number of amides is 1. The van der Waals surface area contributed by atoms with Crippen LogP contribution in [-0.4, -0.2) is 85.5 Å². The standard InChI is InChI=1S/C30H41NO10/c1-15-10-9-11-22(38-6)28(41-19(5)32)18(4)12-16(2)25(34)23(39-7)13-17(3)26(35)24-27(36)20(31-30(15)37)14-21(33)29(24)40-8/h9-12,14,16-17,22-23,25-26,28,34-35H,13H2,1-8H3,(H,31,37)/b11-9-,15-10+,18-12+/t16-,17-,22-,23-,25+,26?,28-/m0/s1. The number of hydrogen-bond acceptors (Lipinski definition) is 10. The second-order valence-corrected chi connectivity index (χ2v) is 10.3. The van der Waals surface area contributed by atoms with E-state index in [4.69, 9.17) is 18.9 Å². The third-order valence-corrected chi connectivity index (χ3v) is 7.19. The van der Waals surface area contributed by atoms with Crippen LogP contribution >= 0.6 is 0 Å². The summed E-state index contributed by atoms with van der Waals surface area (Å²) >= 11 is 0. The maximum Gasteiger partial charge on any atom is 0.303 e. The quantitative estimate of drug-likeness (QED) is 0.257. The fraction of sp³-hybridized carbons (Fsp3) is 0.533. The molecular formula is C30H41NO10. The number of carbonyl (C=O) groups excluding carboxylic acids is 4. The topological polar surface area (TPSA) is 158 Å². The Hall–Kier alpha value is -3.38. The van der Waals surface area contributed by atoms with E-state index in [0.29, 0.717) is 5.57 Å². The normalized spacial score (nSPS) is 34.0. The van der Waals surface area contributed by atoms with Crippen LogP contribution in [0.25, 0.3) is 0 Å². The fourth-order valence-electron chi connectivity index (χ4n) is 4.82. The summed E-state index contributed by atoms with van der Waals surface area (Å²) in [5, 5.41) is 24.9. The molecule has 226 valence electrons. The van der Waals surface area contributed by atoms with Crippen molar-refractivity contribution in [2.24, 2.45) is 11.8 Å². The molecule has 41 heavy (non-hydrogen) atoms. The number of rotatable bonds is 4. The highest BCUT2D eigenvalue weighted by molar-refractivity contribution is 6.23. The van der Waals surface area contributed by atoms with Gasteiger partial charge in [0.15, 0.2) is 11.9 Å². The minimum absolute atomic E-state index is 0.0993. The molecule has 0 aromatic carbocycles. The summed E-state index contributed by atoms with van der Waals surface area (Å²) < 4.78 is 21.9. The minimum atomic E-state index is -1.48. The van der Waals surface area contributed by atoms with Gasteiger partial charge in [0.25, 0.3) is 5.91 Å². The Balaban J connectivity index is 2.66. The van der Waals surface area contributed by atoms with Crippen molar-refractivity contribution in [1.29, 1.82) is 0 Å². The largest absolute Gasteiger partial charge is 0.492 e. The van der Waals surface area contributed by atoms with Crippen molar-refractivity contribution in [1.82, 2.24) is 5.32 Å². The Kier molecular flexibility index (Phi) is 12.4. The zero-order valence-electron chi connectivity index (χ0n) is 24.8. The van der Waals surface area contributed by atoms with E-state index in [9.17, 15) is 29.4 Å². The molecule has 0 fully saturated rings. The van der Waals surface area contributed by atoms with E-state index >= 15 is 0 Å². The zero-order chi connectivity index (χ0) is 31.0. The number of aliphatic hydroxyl groups is 2. The van der Waals surface area contributed by atoms with Gasteiger partial charge in [-0.05, 0) is 31.8 Å². The van der Waals surface area contributed by atoms with E-state index < -0.39 is 65.8 Å². The van der Waals surface area contributed by atoms with Gasteiger partial charge in [0.1, 0.15) is 6.10 Å². The van der Waals surface area contributed by atoms with Gasteiger partial charge in [-0.25, -0.2) is 0 Å². The molecule has 1 heterocycles. The van der Waals surface area contributed by atoms with Crippen LogP contribution in [0.1, 0.15) is 41.0 Å². The molecule has 1 aliphatic carbocycles. The lowest BCUT2D eigenvalue weighted by atomic mass is 9.83. The van der Waals surface area contributed by atoms with Crippen molar-refractivity contribution in [3.05, 3.63) is 58.6 Å². The molecular weight excluding hydrogens is 534 g/mol. The minimum Gasteiger partial charge on any atom is -0.492 e. The van der Waals surface area contributed by atoms with Crippen LogP contribution < -0.4 is 5.32 Å². The molecule has 7 atom stereocenters. The number of ketones is 2. The van der Waals surface area contributed by atoms with Crippen molar-refractivity contribution < 1.29 is 48.3 Å². The van der Waals surface area contributed by atoms with E-state index in [1.165, 1.54) is 41.3 Å². The number of ether oxygens (including phenoxy) is 4. The number of methoxy groups -OCH3 is 3. The van der Waals surface area contributed by atoms with Crippen LogP contribution in [0.3, 0.4) is 0 Å². The second kappa shape index (κ2) is 15.0. The highest BCUT2D eigenvalue weighted by atomic mass is 16.6. The maximum atomic E-state index is 13.4. The lowest BCUT2D eigenvalue weighted by Crippen LogP contribution is -2.40. The van der Waals surface area contributed by atoms with Gasteiger partial charge in [-0.15, -0.1) is 0 Å². The average molecular weight is 576 g/mol. The van der Waals surface area contributed by atoms with Gasteiger partial charge < -0.3 is 34.5 Å². The van der Waals surface area contributed by atoms with E-state index in [0.717, 1.165) is 6.08 Å². The van der Waals surface area contributed by atoms with Crippen molar-refractivity contribution in [3.8, 4) is 0 Å². The summed E-state index contributed by atoms with van der Waals surface area (Å²) in [7, 11) is 4.07. The molecule has 0 aromatic heterocycles. The van der Waals surface area contributed by atoms with Gasteiger partial charge in [0.05, 0.1) is 36.7 Å². The van der Waals surface area contributed by atoms with Gasteiger partial charge in [-0.2, -0.15) is 0 Å². The molecule has 2 bridgehead atoms. The van der Waals surface area contributed by atoms with Crippen LogP contribution in [0, 0.1) is 11.8 Å². The van der Waals surface area contributed by atoms with Crippen LogP contribution in [0.5, 0.6) is 0 Å². The molecule has 0 spiro atoms. The molecule has 2 aliphatic rings. The van der Waals surface area contributed by atoms with Crippen LogP contribution in [-0.2, 0) is 38.1 Å². The number of allylic oxidation sites excluding steroid dienone is 4. The van der Waals surface area contributed by atoms with Crippen molar-refractivity contribution in [2.75, 3.05) is 21.3 Å².